The number of hydrogen-bond acceptors (Lipinski definition) is 3. The Morgan fingerprint density at radius 2 is 2.16 bits per heavy atom. The van der Waals surface area contributed by atoms with Crippen LogP contribution in [0.2, 0.25) is 0 Å². The predicted octanol–water partition coefficient (Wildman–Crippen LogP) is 3.52. The fourth-order valence-electron chi connectivity index (χ4n) is 3.06. The Morgan fingerprint density at radius 3 is 2.72 bits per heavy atom. The summed E-state index contributed by atoms with van der Waals surface area (Å²) in [5.74, 6) is 1.17. The highest BCUT2D eigenvalue weighted by Gasteiger charge is 2.26. The largest absolute Gasteiger partial charge is 0.357 e. The summed E-state index contributed by atoms with van der Waals surface area (Å²) in [6.07, 6.45) is 3.70. The van der Waals surface area contributed by atoms with Crippen molar-refractivity contribution in [1.29, 1.82) is 0 Å². The van der Waals surface area contributed by atoms with Gasteiger partial charge < -0.3 is 15.5 Å². The average Bonchev–Trinajstić information content (AvgIpc) is 3.17. The van der Waals surface area contributed by atoms with E-state index < -0.39 is 0 Å². The van der Waals surface area contributed by atoms with Crippen LogP contribution >= 0.6 is 35.3 Å². The lowest BCUT2D eigenvalue weighted by Crippen LogP contribution is -2.42. The topological polar surface area (TPSA) is 56.7 Å². The number of likely N-dealkylation sites (tertiary alicyclic amines) is 1. The Hall–Kier alpha value is -0.830. The third-order valence-electron chi connectivity index (χ3n) is 4.33. The SMILES string of the molecule is CCNC(=NCc1ccc(C)s1)NCCC(CC)N1CCCC1=O.I. The van der Waals surface area contributed by atoms with E-state index in [9.17, 15) is 4.79 Å². The van der Waals surface area contributed by atoms with Crippen LogP contribution < -0.4 is 10.6 Å². The van der Waals surface area contributed by atoms with Crippen molar-refractivity contribution in [2.24, 2.45) is 4.99 Å². The molecule has 2 rings (SSSR count). The molecule has 0 aromatic carbocycles. The number of carbonyl (C=O) groups excluding carboxylic acids is 1. The van der Waals surface area contributed by atoms with Gasteiger partial charge in [0.05, 0.1) is 6.54 Å². The molecule has 142 valence electrons. The molecular weight excluding hydrogens is 447 g/mol. The quantitative estimate of drug-likeness (QED) is 0.342. The summed E-state index contributed by atoms with van der Waals surface area (Å²) >= 11 is 1.79. The van der Waals surface area contributed by atoms with Gasteiger partial charge in [-0.05, 0) is 45.2 Å². The molecule has 1 saturated heterocycles. The molecule has 0 radical (unpaired) electrons. The number of amides is 1. The van der Waals surface area contributed by atoms with Crippen molar-refractivity contribution >= 4 is 47.2 Å². The minimum absolute atomic E-state index is 0. The van der Waals surface area contributed by atoms with Gasteiger partial charge in [-0.2, -0.15) is 0 Å². The number of halogens is 1. The van der Waals surface area contributed by atoms with Crippen molar-refractivity contribution in [1.82, 2.24) is 15.5 Å². The van der Waals surface area contributed by atoms with Crippen LogP contribution in [0.5, 0.6) is 0 Å². The molecule has 1 atom stereocenters. The highest BCUT2D eigenvalue weighted by Crippen LogP contribution is 2.18. The van der Waals surface area contributed by atoms with Crippen LogP contribution in [0.25, 0.3) is 0 Å². The van der Waals surface area contributed by atoms with Gasteiger partial charge in [0, 0.05) is 41.9 Å². The third kappa shape index (κ3) is 7.13. The normalized spacial score (nSPS) is 15.9. The van der Waals surface area contributed by atoms with E-state index in [4.69, 9.17) is 0 Å². The molecule has 1 aliphatic heterocycles. The second-order valence-electron chi connectivity index (χ2n) is 6.18. The van der Waals surface area contributed by atoms with Crippen LogP contribution in [-0.2, 0) is 11.3 Å². The van der Waals surface area contributed by atoms with Crippen molar-refractivity contribution in [3.63, 3.8) is 0 Å². The molecule has 1 aromatic heterocycles. The van der Waals surface area contributed by atoms with E-state index in [1.807, 2.05) is 0 Å². The number of carbonyl (C=O) groups is 1. The second kappa shape index (κ2) is 11.7. The van der Waals surface area contributed by atoms with Crippen LogP contribution in [0.1, 0.15) is 49.3 Å². The molecule has 2 N–H and O–H groups in total. The first-order valence-corrected chi connectivity index (χ1v) is 9.82. The van der Waals surface area contributed by atoms with Crippen molar-refractivity contribution in [2.75, 3.05) is 19.6 Å². The van der Waals surface area contributed by atoms with Crippen LogP contribution in [0.4, 0.5) is 0 Å². The van der Waals surface area contributed by atoms with Gasteiger partial charge in [-0.25, -0.2) is 4.99 Å². The predicted molar refractivity (Wildman–Crippen MR) is 117 cm³/mol. The van der Waals surface area contributed by atoms with Gasteiger partial charge in [0.25, 0.3) is 0 Å². The Morgan fingerprint density at radius 1 is 1.36 bits per heavy atom. The lowest BCUT2D eigenvalue weighted by atomic mass is 10.1. The standard InChI is InChI=1S/C18H30N4OS.HI/c1-4-15(22-12-6-7-17(22)23)10-11-20-18(19-5-2)21-13-16-9-8-14(3)24-16;/h8-9,15H,4-7,10-13H2,1-3H3,(H2,19,20,21);1H. The number of nitrogens with zero attached hydrogens (tertiary/aromatic N) is 2. The van der Waals surface area contributed by atoms with Gasteiger partial charge in [-0.1, -0.05) is 6.92 Å². The zero-order chi connectivity index (χ0) is 17.4. The minimum Gasteiger partial charge on any atom is -0.357 e. The molecular formula is C18H31IN4OS. The summed E-state index contributed by atoms with van der Waals surface area (Å²) < 4.78 is 0. The summed E-state index contributed by atoms with van der Waals surface area (Å²) in [7, 11) is 0. The van der Waals surface area contributed by atoms with Gasteiger partial charge in [0.2, 0.25) is 5.91 Å². The zero-order valence-corrected chi connectivity index (χ0v) is 18.7. The molecule has 0 saturated carbocycles. The Kier molecular flexibility index (Phi) is 10.4. The third-order valence-corrected chi connectivity index (χ3v) is 5.31. The zero-order valence-electron chi connectivity index (χ0n) is 15.5. The van der Waals surface area contributed by atoms with Crippen LogP contribution in [0.3, 0.4) is 0 Å². The molecule has 1 amide bonds. The van der Waals surface area contributed by atoms with Gasteiger partial charge in [0.1, 0.15) is 0 Å². The van der Waals surface area contributed by atoms with Crippen LogP contribution in [-0.4, -0.2) is 42.4 Å². The maximum atomic E-state index is 11.9. The van der Waals surface area contributed by atoms with E-state index in [1.165, 1.54) is 9.75 Å². The summed E-state index contributed by atoms with van der Waals surface area (Å²) in [6.45, 7) is 9.65. The fourth-order valence-corrected chi connectivity index (χ4v) is 3.88. The first-order chi connectivity index (χ1) is 11.6. The average molecular weight is 478 g/mol. The van der Waals surface area contributed by atoms with E-state index in [-0.39, 0.29) is 24.0 Å². The van der Waals surface area contributed by atoms with Gasteiger partial charge in [-0.15, -0.1) is 35.3 Å². The lowest BCUT2D eigenvalue weighted by molar-refractivity contribution is -0.129. The maximum Gasteiger partial charge on any atom is 0.222 e. The van der Waals surface area contributed by atoms with Crippen molar-refractivity contribution < 1.29 is 4.79 Å². The molecule has 25 heavy (non-hydrogen) atoms. The van der Waals surface area contributed by atoms with Gasteiger partial charge in [0.15, 0.2) is 5.96 Å². The van der Waals surface area contributed by atoms with E-state index >= 15 is 0 Å². The second-order valence-corrected chi connectivity index (χ2v) is 7.55. The molecule has 0 spiro atoms. The van der Waals surface area contributed by atoms with Crippen LogP contribution in [0, 0.1) is 6.92 Å². The summed E-state index contributed by atoms with van der Waals surface area (Å²) in [4.78, 5) is 21.2. The molecule has 5 nitrogen and oxygen atoms in total. The molecule has 7 heteroatoms. The number of guanidine groups is 1. The highest BCUT2D eigenvalue weighted by atomic mass is 127. The molecule has 1 aromatic rings. The summed E-state index contributed by atoms with van der Waals surface area (Å²) in [6, 6.07) is 4.61. The first kappa shape index (κ1) is 22.2. The van der Waals surface area contributed by atoms with Gasteiger partial charge >= 0.3 is 0 Å². The Labute approximate surface area is 172 Å². The summed E-state index contributed by atoms with van der Waals surface area (Å²) in [5, 5.41) is 6.70. The molecule has 1 fully saturated rings. The van der Waals surface area contributed by atoms with Crippen molar-refractivity contribution in [2.45, 2.75) is 59.0 Å². The number of rotatable bonds is 8. The number of nitrogens with one attached hydrogen (secondary N) is 2. The van der Waals surface area contributed by atoms with E-state index in [2.05, 4.69) is 53.4 Å². The lowest BCUT2D eigenvalue weighted by Gasteiger charge is -2.27. The fraction of sp³-hybridized carbons (Fsp3) is 0.667. The molecule has 1 aliphatic rings. The first-order valence-electron chi connectivity index (χ1n) is 9.01. The Bertz CT molecular complexity index is 561. The van der Waals surface area contributed by atoms with E-state index in [0.717, 1.165) is 44.9 Å². The molecule has 0 bridgehead atoms. The molecule has 2 heterocycles. The van der Waals surface area contributed by atoms with Crippen molar-refractivity contribution in [3.8, 4) is 0 Å². The number of aryl methyl sites for hydroxylation is 1. The molecule has 0 aliphatic carbocycles. The van der Waals surface area contributed by atoms with E-state index in [0.29, 0.717) is 24.9 Å². The highest BCUT2D eigenvalue weighted by molar-refractivity contribution is 14.0. The monoisotopic (exact) mass is 478 g/mol. The van der Waals surface area contributed by atoms with Crippen molar-refractivity contribution in [3.05, 3.63) is 21.9 Å². The van der Waals surface area contributed by atoms with E-state index in [1.54, 1.807) is 11.3 Å². The number of aliphatic imine (C=N–C) groups is 1. The summed E-state index contributed by atoms with van der Waals surface area (Å²) in [5.41, 5.74) is 0. The smallest absolute Gasteiger partial charge is 0.222 e. The molecule has 1 unspecified atom stereocenters. The Balaban J connectivity index is 0.00000312. The maximum absolute atomic E-state index is 11.9. The number of thiophene rings is 1. The van der Waals surface area contributed by atoms with Crippen LogP contribution in [0.15, 0.2) is 17.1 Å². The number of hydrogen-bond donors (Lipinski definition) is 2. The van der Waals surface area contributed by atoms with Gasteiger partial charge in [-0.3, -0.25) is 4.79 Å². The minimum atomic E-state index is 0.